The van der Waals surface area contributed by atoms with Gasteiger partial charge in [0, 0.05) is 5.56 Å². The standard InChI is InChI=1S/C19H21NO7S/c1-10-5-7-12(8-6-10)27-11(2)17(21)26-9-13-14(18(22)24-3)16(20)28-15(13)19(23)25-4/h5-8,11H,9,20H2,1-4H3. The van der Waals surface area contributed by atoms with Gasteiger partial charge in [0.2, 0.25) is 0 Å². The summed E-state index contributed by atoms with van der Waals surface area (Å²) in [7, 11) is 2.38. The molecule has 28 heavy (non-hydrogen) atoms. The number of carbonyl (C=O) groups excluding carboxylic acids is 3. The first-order chi connectivity index (χ1) is 13.3. The molecule has 2 rings (SSSR count). The van der Waals surface area contributed by atoms with Crippen molar-refractivity contribution < 1.29 is 33.3 Å². The highest BCUT2D eigenvalue weighted by atomic mass is 32.1. The molecule has 2 aromatic rings. The van der Waals surface area contributed by atoms with Crippen LogP contribution in [-0.2, 0) is 25.6 Å². The smallest absolute Gasteiger partial charge is 0.348 e. The molecule has 1 atom stereocenters. The molecule has 0 saturated carbocycles. The third-order valence-electron chi connectivity index (χ3n) is 3.82. The fourth-order valence-corrected chi connectivity index (χ4v) is 3.32. The number of anilines is 1. The Labute approximate surface area is 166 Å². The molecule has 150 valence electrons. The number of thiophene rings is 1. The predicted octanol–water partition coefficient (Wildman–Crippen LogP) is 2.72. The number of hydrogen-bond donors (Lipinski definition) is 1. The van der Waals surface area contributed by atoms with E-state index in [1.807, 2.05) is 19.1 Å². The van der Waals surface area contributed by atoms with Gasteiger partial charge < -0.3 is 24.7 Å². The normalized spacial score (nSPS) is 11.4. The minimum absolute atomic E-state index is 0.0205. The van der Waals surface area contributed by atoms with Gasteiger partial charge in [-0.05, 0) is 26.0 Å². The lowest BCUT2D eigenvalue weighted by atomic mass is 10.1. The predicted molar refractivity (Wildman–Crippen MR) is 102 cm³/mol. The van der Waals surface area contributed by atoms with E-state index in [0.29, 0.717) is 5.75 Å². The van der Waals surface area contributed by atoms with Crippen molar-refractivity contribution in [3.05, 3.63) is 45.8 Å². The van der Waals surface area contributed by atoms with Crippen LogP contribution in [0.25, 0.3) is 0 Å². The third-order valence-corrected chi connectivity index (χ3v) is 4.86. The Morgan fingerprint density at radius 1 is 1.07 bits per heavy atom. The van der Waals surface area contributed by atoms with Crippen molar-refractivity contribution in [3.8, 4) is 5.75 Å². The number of nitrogens with two attached hydrogens (primary N) is 1. The summed E-state index contributed by atoms with van der Waals surface area (Å²) in [4.78, 5) is 36.3. The molecule has 0 amide bonds. The number of hydrogen-bond acceptors (Lipinski definition) is 9. The summed E-state index contributed by atoms with van der Waals surface area (Å²) in [5.74, 6) is -1.59. The highest BCUT2D eigenvalue weighted by molar-refractivity contribution is 7.18. The zero-order valence-corrected chi connectivity index (χ0v) is 16.8. The molecule has 0 aliphatic rings. The van der Waals surface area contributed by atoms with E-state index in [1.54, 1.807) is 12.1 Å². The molecule has 0 spiro atoms. The molecule has 8 nitrogen and oxygen atoms in total. The summed E-state index contributed by atoms with van der Waals surface area (Å²) in [5, 5.41) is 0.0715. The lowest BCUT2D eigenvalue weighted by molar-refractivity contribution is -0.152. The zero-order chi connectivity index (χ0) is 20.8. The Morgan fingerprint density at radius 2 is 1.68 bits per heavy atom. The first-order valence-electron chi connectivity index (χ1n) is 8.26. The minimum atomic E-state index is -0.901. The van der Waals surface area contributed by atoms with E-state index in [-0.39, 0.29) is 27.6 Å². The first-order valence-corrected chi connectivity index (χ1v) is 9.07. The summed E-state index contributed by atoms with van der Waals surface area (Å²) in [6, 6.07) is 7.19. The van der Waals surface area contributed by atoms with Crippen LogP contribution in [0.2, 0.25) is 0 Å². The molecule has 0 radical (unpaired) electrons. The molecule has 0 fully saturated rings. The highest BCUT2D eigenvalue weighted by Crippen LogP contribution is 2.33. The molecular weight excluding hydrogens is 386 g/mol. The summed E-state index contributed by atoms with van der Waals surface area (Å²) in [6.07, 6.45) is -0.901. The van der Waals surface area contributed by atoms with Gasteiger partial charge in [0.15, 0.2) is 6.10 Å². The monoisotopic (exact) mass is 407 g/mol. The van der Waals surface area contributed by atoms with Gasteiger partial charge in [-0.3, -0.25) is 0 Å². The van der Waals surface area contributed by atoms with E-state index < -0.39 is 24.0 Å². The van der Waals surface area contributed by atoms with E-state index >= 15 is 0 Å². The second-order valence-electron chi connectivity index (χ2n) is 5.81. The van der Waals surface area contributed by atoms with Crippen molar-refractivity contribution in [1.29, 1.82) is 0 Å². The molecule has 9 heteroatoms. The third kappa shape index (κ3) is 4.80. The molecule has 1 aromatic heterocycles. The van der Waals surface area contributed by atoms with Crippen LogP contribution in [0.15, 0.2) is 24.3 Å². The molecule has 0 aliphatic heterocycles. The maximum atomic E-state index is 12.3. The average Bonchev–Trinajstić information content (AvgIpc) is 3.02. The lowest BCUT2D eigenvalue weighted by Crippen LogP contribution is -2.26. The van der Waals surface area contributed by atoms with Gasteiger partial charge >= 0.3 is 17.9 Å². The quantitative estimate of drug-likeness (QED) is 0.550. The van der Waals surface area contributed by atoms with Crippen molar-refractivity contribution in [2.24, 2.45) is 0 Å². The van der Waals surface area contributed by atoms with Crippen LogP contribution in [-0.4, -0.2) is 38.2 Å². The second kappa shape index (κ2) is 9.23. The van der Waals surface area contributed by atoms with Crippen LogP contribution >= 0.6 is 11.3 Å². The lowest BCUT2D eigenvalue weighted by Gasteiger charge is -2.14. The van der Waals surface area contributed by atoms with E-state index in [2.05, 4.69) is 0 Å². The second-order valence-corrected chi connectivity index (χ2v) is 6.87. The average molecular weight is 407 g/mol. The first kappa shape index (κ1) is 21.2. The van der Waals surface area contributed by atoms with Crippen molar-refractivity contribution in [2.45, 2.75) is 26.6 Å². The zero-order valence-electron chi connectivity index (χ0n) is 15.9. The van der Waals surface area contributed by atoms with Gasteiger partial charge in [0.25, 0.3) is 0 Å². The van der Waals surface area contributed by atoms with E-state index in [9.17, 15) is 14.4 Å². The van der Waals surface area contributed by atoms with Gasteiger partial charge in [-0.15, -0.1) is 11.3 Å². The van der Waals surface area contributed by atoms with E-state index in [4.69, 9.17) is 24.7 Å². The largest absolute Gasteiger partial charge is 0.479 e. The van der Waals surface area contributed by atoms with Gasteiger partial charge in [-0.2, -0.15) is 0 Å². The topological polar surface area (TPSA) is 114 Å². The Balaban J connectivity index is 2.15. The molecule has 0 bridgehead atoms. The van der Waals surface area contributed by atoms with Gasteiger partial charge in [0.05, 0.1) is 14.2 Å². The molecule has 1 heterocycles. The maximum absolute atomic E-state index is 12.3. The number of esters is 3. The molecule has 0 saturated heterocycles. The highest BCUT2D eigenvalue weighted by Gasteiger charge is 2.28. The molecular formula is C19H21NO7S. The summed E-state index contributed by atoms with van der Waals surface area (Å²) < 4.78 is 20.2. The number of rotatable bonds is 7. The van der Waals surface area contributed by atoms with E-state index in [0.717, 1.165) is 16.9 Å². The maximum Gasteiger partial charge on any atom is 0.348 e. The number of carbonyl (C=O) groups is 3. The Hall–Kier alpha value is -3.07. The molecule has 1 aromatic carbocycles. The summed E-state index contributed by atoms with van der Waals surface area (Å²) in [5.41, 5.74) is 7.01. The van der Waals surface area contributed by atoms with E-state index in [1.165, 1.54) is 21.1 Å². The number of nitrogen functional groups attached to an aromatic ring is 1. The number of aryl methyl sites for hydroxylation is 1. The van der Waals surface area contributed by atoms with Gasteiger partial charge in [-0.25, -0.2) is 14.4 Å². The van der Waals surface area contributed by atoms with Crippen LogP contribution in [0.3, 0.4) is 0 Å². The van der Waals surface area contributed by atoms with Crippen molar-refractivity contribution in [2.75, 3.05) is 20.0 Å². The number of benzene rings is 1. The van der Waals surface area contributed by atoms with Crippen LogP contribution in [0, 0.1) is 6.92 Å². The van der Waals surface area contributed by atoms with Crippen LogP contribution in [0.4, 0.5) is 5.00 Å². The van der Waals surface area contributed by atoms with Gasteiger partial charge in [-0.1, -0.05) is 17.7 Å². The van der Waals surface area contributed by atoms with Crippen molar-refractivity contribution >= 4 is 34.2 Å². The Morgan fingerprint density at radius 3 is 2.25 bits per heavy atom. The Kier molecular flexibility index (Phi) is 7.00. The SMILES string of the molecule is COC(=O)c1sc(N)c(C(=O)OC)c1COC(=O)C(C)Oc1ccc(C)cc1. The van der Waals surface area contributed by atoms with Crippen LogP contribution < -0.4 is 10.5 Å². The fraction of sp³-hybridized carbons (Fsp3) is 0.316. The fourth-order valence-electron chi connectivity index (χ4n) is 2.34. The Bertz CT molecular complexity index is 873. The molecule has 2 N–H and O–H groups in total. The van der Waals surface area contributed by atoms with Gasteiger partial charge in [0.1, 0.15) is 27.8 Å². The minimum Gasteiger partial charge on any atom is -0.479 e. The summed E-state index contributed by atoms with van der Waals surface area (Å²) >= 11 is 0.861. The van der Waals surface area contributed by atoms with Crippen LogP contribution in [0.1, 0.15) is 38.1 Å². The van der Waals surface area contributed by atoms with Crippen molar-refractivity contribution in [1.82, 2.24) is 0 Å². The molecule has 0 aliphatic carbocycles. The van der Waals surface area contributed by atoms with Crippen molar-refractivity contribution in [3.63, 3.8) is 0 Å². The van der Waals surface area contributed by atoms with Crippen LogP contribution in [0.5, 0.6) is 5.75 Å². The number of methoxy groups -OCH3 is 2. The molecule has 1 unspecified atom stereocenters. The summed E-state index contributed by atoms with van der Waals surface area (Å²) in [6.45, 7) is 3.11. The number of ether oxygens (including phenoxy) is 4.